The number of hydrogen-bond acceptors (Lipinski definition) is 2. The second-order valence-corrected chi connectivity index (χ2v) is 4.67. The molecule has 0 N–H and O–H groups in total. The molecule has 0 amide bonds. The van der Waals surface area contributed by atoms with E-state index in [0.717, 1.165) is 11.8 Å². The smallest absolute Gasteiger partial charge is 0.258 e. The molecule has 2 rings (SSSR count). The predicted molar refractivity (Wildman–Crippen MR) is 68.3 cm³/mol. The van der Waals surface area contributed by atoms with Crippen LogP contribution in [0.3, 0.4) is 0 Å². The Morgan fingerprint density at radius 2 is 2.17 bits per heavy atom. The first-order valence-corrected chi connectivity index (χ1v) is 5.89. The molecule has 0 aromatic carbocycles. The van der Waals surface area contributed by atoms with Crippen LogP contribution < -0.4 is 5.56 Å². The normalized spacial score (nSPS) is 10.9. The number of halogens is 1. The second kappa shape index (κ2) is 5.12. The lowest BCUT2D eigenvalue weighted by molar-refractivity contribution is 0.618. The van der Waals surface area contributed by atoms with Crippen molar-refractivity contribution in [3.8, 4) is 5.69 Å². The van der Waals surface area contributed by atoms with Gasteiger partial charge in [0.2, 0.25) is 0 Å². The van der Waals surface area contributed by atoms with Gasteiger partial charge in [0.25, 0.3) is 5.56 Å². The molecule has 0 aliphatic heterocycles. The van der Waals surface area contributed by atoms with Gasteiger partial charge >= 0.3 is 0 Å². The molecule has 3 nitrogen and oxygen atoms in total. The van der Waals surface area contributed by atoms with E-state index in [0.29, 0.717) is 18.0 Å². The molecule has 18 heavy (non-hydrogen) atoms. The predicted octanol–water partition coefficient (Wildman–Crippen LogP) is 2.57. The van der Waals surface area contributed by atoms with Gasteiger partial charge in [-0.3, -0.25) is 14.3 Å². The van der Waals surface area contributed by atoms with E-state index >= 15 is 0 Å². The molecule has 0 atom stereocenters. The highest BCUT2D eigenvalue weighted by molar-refractivity contribution is 5.30. The van der Waals surface area contributed by atoms with Gasteiger partial charge in [-0.25, -0.2) is 4.39 Å². The SMILES string of the molecule is CC(C)Cc1cccn(-c2cncc(F)c2)c1=O. The van der Waals surface area contributed by atoms with Crippen molar-refractivity contribution in [1.29, 1.82) is 0 Å². The van der Waals surface area contributed by atoms with E-state index in [9.17, 15) is 9.18 Å². The zero-order valence-corrected chi connectivity index (χ0v) is 10.4. The molecule has 0 saturated carbocycles. The quantitative estimate of drug-likeness (QED) is 0.834. The van der Waals surface area contributed by atoms with Crippen LogP contribution in [0.4, 0.5) is 4.39 Å². The number of nitrogens with zero attached hydrogens (tertiary/aromatic N) is 2. The average molecular weight is 246 g/mol. The zero-order chi connectivity index (χ0) is 13.1. The average Bonchev–Trinajstić information content (AvgIpc) is 2.31. The summed E-state index contributed by atoms with van der Waals surface area (Å²) in [6.45, 7) is 4.11. The van der Waals surface area contributed by atoms with Crippen LogP contribution in [0.1, 0.15) is 19.4 Å². The topological polar surface area (TPSA) is 34.9 Å². The Hall–Kier alpha value is -1.97. The first-order valence-electron chi connectivity index (χ1n) is 5.89. The van der Waals surface area contributed by atoms with Crippen LogP contribution in [0.15, 0.2) is 41.6 Å². The molecule has 0 saturated heterocycles. The van der Waals surface area contributed by atoms with E-state index in [1.54, 1.807) is 12.3 Å². The molecule has 0 radical (unpaired) electrons. The molecule has 0 aliphatic rings. The summed E-state index contributed by atoms with van der Waals surface area (Å²) in [4.78, 5) is 16.0. The Kier molecular flexibility index (Phi) is 3.55. The number of hydrogen-bond donors (Lipinski definition) is 0. The van der Waals surface area contributed by atoms with E-state index in [1.807, 2.05) is 6.07 Å². The Bertz CT molecular complexity index is 605. The minimum atomic E-state index is -0.450. The molecule has 0 spiro atoms. The fourth-order valence-corrected chi connectivity index (χ4v) is 1.87. The van der Waals surface area contributed by atoms with Gasteiger partial charge < -0.3 is 0 Å². The molecular formula is C14H15FN2O. The summed E-state index contributed by atoms with van der Waals surface area (Å²) in [6, 6.07) is 4.91. The summed E-state index contributed by atoms with van der Waals surface area (Å²) < 4.78 is 14.5. The minimum absolute atomic E-state index is 0.112. The van der Waals surface area contributed by atoms with E-state index < -0.39 is 5.82 Å². The van der Waals surface area contributed by atoms with Crippen LogP contribution in [0.5, 0.6) is 0 Å². The maximum Gasteiger partial charge on any atom is 0.258 e. The van der Waals surface area contributed by atoms with Gasteiger partial charge in [0.1, 0.15) is 5.82 Å². The van der Waals surface area contributed by atoms with Crippen LogP contribution in [0, 0.1) is 11.7 Å². The molecule has 0 bridgehead atoms. The van der Waals surface area contributed by atoms with Crippen molar-refractivity contribution in [3.05, 3.63) is 58.5 Å². The molecule has 94 valence electrons. The van der Waals surface area contributed by atoms with Crippen molar-refractivity contribution in [2.24, 2.45) is 5.92 Å². The largest absolute Gasteiger partial charge is 0.282 e. The highest BCUT2D eigenvalue weighted by atomic mass is 19.1. The van der Waals surface area contributed by atoms with Crippen molar-refractivity contribution in [2.45, 2.75) is 20.3 Å². The third-order valence-electron chi connectivity index (χ3n) is 2.62. The van der Waals surface area contributed by atoms with Gasteiger partial charge in [-0.2, -0.15) is 0 Å². The summed E-state index contributed by atoms with van der Waals surface area (Å²) >= 11 is 0. The first kappa shape index (κ1) is 12.5. The lowest BCUT2D eigenvalue weighted by Crippen LogP contribution is -2.22. The molecule has 4 heteroatoms. The van der Waals surface area contributed by atoms with Crippen LogP contribution in [0.2, 0.25) is 0 Å². The Morgan fingerprint density at radius 1 is 1.39 bits per heavy atom. The van der Waals surface area contributed by atoms with Gasteiger partial charge in [0.05, 0.1) is 18.1 Å². The molecule has 2 aromatic heterocycles. The summed E-state index contributed by atoms with van der Waals surface area (Å²) in [5.41, 5.74) is 1.07. The zero-order valence-electron chi connectivity index (χ0n) is 10.4. The summed E-state index contributed by atoms with van der Waals surface area (Å²) in [5.74, 6) is -0.0483. The number of aromatic nitrogens is 2. The van der Waals surface area contributed by atoms with Crippen LogP contribution in [-0.4, -0.2) is 9.55 Å². The molecule has 2 aromatic rings. The molecule has 2 heterocycles. The van der Waals surface area contributed by atoms with Gasteiger partial charge in [0, 0.05) is 17.8 Å². The van der Waals surface area contributed by atoms with Gasteiger partial charge in [-0.15, -0.1) is 0 Å². The standard InChI is InChI=1S/C14H15FN2O/c1-10(2)6-11-4-3-5-17(14(11)18)13-7-12(15)8-16-9-13/h3-5,7-10H,6H2,1-2H3. The third-order valence-corrected chi connectivity index (χ3v) is 2.62. The molecule has 0 fully saturated rings. The van der Waals surface area contributed by atoms with Crippen LogP contribution in [-0.2, 0) is 6.42 Å². The minimum Gasteiger partial charge on any atom is -0.282 e. The lowest BCUT2D eigenvalue weighted by atomic mass is 10.0. The van der Waals surface area contributed by atoms with Crippen LogP contribution in [0.25, 0.3) is 5.69 Å². The Morgan fingerprint density at radius 3 is 2.83 bits per heavy atom. The van der Waals surface area contributed by atoms with Crippen LogP contribution >= 0.6 is 0 Å². The molecule has 0 aliphatic carbocycles. The highest BCUT2D eigenvalue weighted by Gasteiger charge is 2.07. The maximum atomic E-state index is 13.1. The van der Waals surface area contributed by atoms with Gasteiger partial charge in [0.15, 0.2) is 0 Å². The van der Waals surface area contributed by atoms with Gasteiger partial charge in [-0.1, -0.05) is 19.9 Å². The second-order valence-electron chi connectivity index (χ2n) is 4.67. The van der Waals surface area contributed by atoms with E-state index in [2.05, 4.69) is 18.8 Å². The maximum absolute atomic E-state index is 13.1. The van der Waals surface area contributed by atoms with Crippen molar-refractivity contribution >= 4 is 0 Å². The summed E-state index contributed by atoms with van der Waals surface area (Å²) in [6.07, 6.45) is 4.93. The van der Waals surface area contributed by atoms with Crippen molar-refractivity contribution < 1.29 is 4.39 Å². The Labute approximate surface area is 105 Å². The number of rotatable bonds is 3. The van der Waals surface area contributed by atoms with Crippen molar-refractivity contribution in [1.82, 2.24) is 9.55 Å². The third kappa shape index (κ3) is 2.64. The van der Waals surface area contributed by atoms with E-state index in [1.165, 1.54) is 16.8 Å². The summed E-state index contributed by atoms with van der Waals surface area (Å²) in [7, 11) is 0. The lowest BCUT2D eigenvalue weighted by Gasteiger charge is -2.09. The highest BCUT2D eigenvalue weighted by Crippen LogP contribution is 2.08. The first-order chi connectivity index (χ1) is 8.58. The van der Waals surface area contributed by atoms with Crippen molar-refractivity contribution in [2.75, 3.05) is 0 Å². The van der Waals surface area contributed by atoms with E-state index in [4.69, 9.17) is 0 Å². The fraction of sp³-hybridized carbons (Fsp3) is 0.286. The molecule has 0 unspecified atom stereocenters. The summed E-state index contributed by atoms with van der Waals surface area (Å²) in [5, 5.41) is 0. The Balaban J connectivity index is 2.49. The van der Waals surface area contributed by atoms with E-state index in [-0.39, 0.29) is 5.56 Å². The monoisotopic (exact) mass is 246 g/mol. The number of pyridine rings is 2. The van der Waals surface area contributed by atoms with Gasteiger partial charge in [-0.05, 0) is 18.4 Å². The van der Waals surface area contributed by atoms with Crippen molar-refractivity contribution in [3.63, 3.8) is 0 Å². The molecular weight excluding hydrogens is 231 g/mol. The fourth-order valence-electron chi connectivity index (χ4n) is 1.87.